The number of nitrogens with two attached hydrogens (primary N) is 1. The predicted molar refractivity (Wildman–Crippen MR) is 78.1 cm³/mol. The SMILES string of the molecule is NCC#Cc1ccc(F)cc1OCc1ccc(F)c(Cl)c1. The van der Waals surface area contributed by atoms with Gasteiger partial charge >= 0.3 is 0 Å². The van der Waals surface area contributed by atoms with E-state index in [4.69, 9.17) is 22.1 Å². The molecular weight excluding hydrogens is 296 g/mol. The summed E-state index contributed by atoms with van der Waals surface area (Å²) in [6.07, 6.45) is 0. The molecule has 0 amide bonds. The van der Waals surface area contributed by atoms with Crippen molar-refractivity contribution in [1.82, 2.24) is 0 Å². The van der Waals surface area contributed by atoms with Crippen molar-refractivity contribution in [2.45, 2.75) is 6.61 Å². The molecule has 0 fully saturated rings. The maximum atomic E-state index is 13.3. The zero-order valence-corrected chi connectivity index (χ0v) is 11.8. The molecule has 0 atom stereocenters. The Morgan fingerprint density at radius 2 is 1.95 bits per heavy atom. The highest BCUT2D eigenvalue weighted by Crippen LogP contribution is 2.22. The molecule has 0 aliphatic rings. The van der Waals surface area contributed by atoms with Crippen LogP contribution in [0.5, 0.6) is 5.75 Å². The zero-order chi connectivity index (χ0) is 15.2. The molecule has 0 radical (unpaired) electrons. The second kappa shape index (κ2) is 7.07. The van der Waals surface area contributed by atoms with E-state index in [2.05, 4.69) is 11.8 Å². The Hall–Kier alpha value is -2.09. The van der Waals surface area contributed by atoms with Crippen LogP contribution in [0.2, 0.25) is 5.02 Å². The van der Waals surface area contributed by atoms with Gasteiger partial charge in [0.2, 0.25) is 0 Å². The topological polar surface area (TPSA) is 35.2 Å². The lowest BCUT2D eigenvalue weighted by Crippen LogP contribution is -1.99. The number of benzene rings is 2. The number of hydrogen-bond donors (Lipinski definition) is 1. The second-order valence-electron chi connectivity index (χ2n) is 4.18. The maximum absolute atomic E-state index is 13.3. The zero-order valence-electron chi connectivity index (χ0n) is 11.0. The Morgan fingerprint density at radius 3 is 2.67 bits per heavy atom. The number of rotatable bonds is 3. The third-order valence-corrected chi connectivity index (χ3v) is 2.94. The van der Waals surface area contributed by atoms with Crippen LogP contribution in [0.15, 0.2) is 36.4 Å². The minimum absolute atomic E-state index is 0.0125. The van der Waals surface area contributed by atoms with Gasteiger partial charge < -0.3 is 10.5 Å². The fourth-order valence-electron chi connectivity index (χ4n) is 1.66. The molecule has 0 saturated heterocycles. The quantitative estimate of drug-likeness (QED) is 0.881. The summed E-state index contributed by atoms with van der Waals surface area (Å²) in [4.78, 5) is 0. The van der Waals surface area contributed by atoms with E-state index < -0.39 is 11.6 Å². The van der Waals surface area contributed by atoms with Crippen LogP contribution in [0.3, 0.4) is 0 Å². The minimum atomic E-state index is -0.499. The van der Waals surface area contributed by atoms with E-state index in [1.807, 2.05) is 0 Å². The molecule has 0 spiro atoms. The van der Waals surface area contributed by atoms with Gasteiger partial charge in [0.25, 0.3) is 0 Å². The first-order valence-electron chi connectivity index (χ1n) is 6.15. The fraction of sp³-hybridized carbons (Fsp3) is 0.125. The summed E-state index contributed by atoms with van der Waals surface area (Å²) in [7, 11) is 0. The van der Waals surface area contributed by atoms with Crippen LogP contribution in [0, 0.1) is 23.5 Å². The van der Waals surface area contributed by atoms with Crippen molar-refractivity contribution in [3.05, 3.63) is 64.2 Å². The molecule has 2 nitrogen and oxygen atoms in total. The molecule has 2 aromatic carbocycles. The van der Waals surface area contributed by atoms with E-state index in [9.17, 15) is 8.78 Å². The molecule has 0 aliphatic carbocycles. The average molecular weight is 308 g/mol. The third-order valence-electron chi connectivity index (χ3n) is 2.65. The van der Waals surface area contributed by atoms with Crippen molar-refractivity contribution in [3.8, 4) is 17.6 Å². The van der Waals surface area contributed by atoms with Gasteiger partial charge in [-0.3, -0.25) is 0 Å². The Labute approximate surface area is 126 Å². The molecule has 0 heterocycles. The largest absolute Gasteiger partial charge is 0.487 e. The monoisotopic (exact) mass is 307 g/mol. The smallest absolute Gasteiger partial charge is 0.141 e. The van der Waals surface area contributed by atoms with Gasteiger partial charge in [0, 0.05) is 6.07 Å². The third kappa shape index (κ3) is 4.19. The van der Waals surface area contributed by atoms with Gasteiger partial charge in [0.05, 0.1) is 17.1 Å². The van der Waals surface area contributed by atoms with Gasteiger partial charge in [0.15, 0.2) is 0 Å². The van der Waals surface area contributed by atoms with E-state index in [1.54, 1.807) is 6.07 Å². The van der Waals surface area contributed by atoms with Crippen molar-refractivity contribution in [3.63, 3.8) is 0 Å². The Bertz CT molecular complexity index is 707. The van der Waals surface area contributed by atoms with Crippen molar-refractivity contribution >= 4 is 11.6 Å². The van der Waals surface area contributed by atoms with Crippen LogP contribution >= 0.6 is 11.6 Å². The van der Waals surface area contributed by atoms with Crippen molar-refractivity contribution in [2.24, 2.45) is 5.73 Å². The number of ether oxygens (including phenoxy) is 1. The Kier molecular flexibility index (Phi) is 5.15. The van der Waals surface area contributed by atoms with E-state index in [-0.39, 0.29) is 18.2 Å². The molecule has 0 unspecified atom stereocenters. The molecule has 21 heavy (non-hydrogen) atoms. The van der Waals surface area contributed by atoms with Crippen molar-refractivity contribution in [2.75, 3.05) is 6.54 Å². The summed E-state index contributed by atoms with van der Waals surface area (Å²) >= 11 is 5.69. The summed E-state index contributed by atoms with van der Waals surface area (Å²) in [5.41, 5.74) is 6.52. The summed E-state index contributed by atoms with van der Waals surface area (Å²) in [5.74, 6) is 4.86. The van der Waals surface area contributed by atoms with Crippen LogP contribution in [0.1, 0.15) is 11.1 Å². The van der Waals surface area contributed by atoms with Crippen LogP contribution in [0.4, 0.5) is 8.78 Å². The molecule has 0 saturated carbocycles. The summed E-state index contributed by atoms with van der Waals surface area (Å²) in [6.45, 7) is 0.325. The molecule has 0 bridgehead atoms. The Morgan fingerprint density at radius 1 is 1.14 bits per heavy atom. The number of hydrogen-bond acceptors (Lipinski definition) is 2. The van der Waals surface area contributed by atoms with Crippen LogP contribution in [0.25, 0.3) is 0 Å². The molecular formula is C16H12ClF2NO. The minimum Gasteiger partial charge on any atom is -0.487 e. The van der Waals surface area contributed by atoms with Crippen LogP contribution in [-0.2, 0) is 6.61 Å². The predicted octanol–water partition coefficient (Wildman–Crippen LogP) is 3.51. The molecule has 2 N–H and O–H groups in total. The van der Waals surface area contributed by atoms with Crippen LogP contribution < -0.4 is 10.5 Å². The Balaban J connectivity index is 2.18. The fourth-order valence-corrected chi connectivity index (χ4v) is 1.86. The van der Waals surface area contributed by atoms with Gasteiger partial charge in [-0.05, 0) is 29.8 Å². The lowest BCUT2D eigenvalue weighted by molar-refractivity contribution is 0.303. The van der Waals surface area contributed by atoms with E-state index in [1.165, 1.54) is 30.3 Å². The van der Waals surface area contributed by atoms with E-state index in [0.29, 0.717) is 16.9 Å². The molecule has 108 valence electrons. The number of halogens is 3. The van der Waals surface area contributed by atoms with E-state index in [0.717, 1.165) is 0 Å². The highest BCUT2D eigenvalue weighted by molar-refractivity contribution is 6.30. The molecule has 5 heteroatoms. The lowest BCUT2D eigenvalue weighted by Gasteiger charge is -2.09. The molecule has 0 aliphatic heterocycles. The summed E-state index contributed by atoms with van der Waals surface area (Å²) in [5, 5.41) is 0.0125. The normalized spacial score (nSPS) is 9.90. The highest BCUT2D eigenvalue weighted by atomic mass is 35.5. The molecule has 0 aromatic heterocycles. The maximum Gasteiger partial charge on any atom is 0.141 e. The molecule has 2 aromatic rings. The van der Waals surface area contributed by atoms with Gasteiger partial charge in [-0.25, -0.2) is 8.78 Å². The summed E-state index contributed by atoms with van der Waals surface area (Å²) in [6, 6.07) is 8.31. The highest BCUT2D eigenvalue weighted by Gasteiger charge is 2.06. The first kappa shape index (κ1) is 15.3. The average Bonchev–Trinajstić information content (AvgIpc) is 2.47. The standard InChI is InChI=1S/C16H12ClF2NO/c17-14-8-11(3-6-15(14)19)10-21-16-9-13(18)5-4-12(16)2-1-7-20/h3-6,8-9H,7,10,20H2. The van der Waals surface area contributed by atoms with Crippen molar-refractivity contribution < 1.29 is 13.5 Å². The first-order chi connectivity index (χ1) is 10.1. The van der Waals surface area contributed by atoms with Gasteiger partial charge in [0.1, 0.15) is 24.0 Å². The van der Waals surface area contributed by atoms with E-state index >= 15 is 0 Å². The lowest BCUT2D eigenvalue weighted by atomic mass is 10.2. The van der Waals surface area contributed by atoms with Crippen LogP contribution in [-0.4, -0.2) is 6.54 Å². The van der Waals surface area contributed by atoms with Gasteiger partial charge in [-0.15, -0.1) is 0 Å². The van der Waals surface area contributed by atoms with Gasteiger partial charge in [-0.2, -0.15) is 0 Å². The summed E-state index contributed by atoms with van der Waals surface area (Å²) < 4.78 is 31.9. The van der Waals surface area contributed by atoms with Gasteiger partial charge in [-0.1, -0.05) is 29.5 Å². The molecule has 2 rings (SSSR count). The van der Waals surface area contributed by atoms with Crippen molar-refractivity contribution in [1.29, 1.82) is 0 Å². The second-order valence-corrected chi connectivity index (χ2v) is 4.59. The first-order valence-corrected chi connectivity index (χ1v) is 6.53.